The molecule has 0 saturated heterocycles. The number of carbonyl (C=O) groups is 1. The van der Waals surface area contributed by atoms with Crippen molar-refractivity contribution in [3.05, 3.63) is 59.2 Å². The minimum atomic E-state index is -3.68. The Labute approximate surface area is 142 Å². The van der Waals surface area contributed by atoms with Crippen molar-refractivity contribution in [2.45, 2.75) is 37.6 Å². The number of sulfonamides is 1. The van der Waals surface area contributed by atoms with Gasteiger partial charge in [-0.15, -0.1) is 0 Å². The number of carbonyl (C=O) groups excluding carboxylic acids is 1. The first-order valence-corrected chi connectivity index (χ1v) is 9.33. The summed E-state index contributed by atoms with van der Waals surface area (Å²) in [6, 6.07) is 12.6. The Morgan fingerprint density at radius 1 is 1.17 bits per heavy atom. The molecule has 0 aromatic heterocycles. The fourth-order valence-corrected chi connectivity index (χ4v) is 4.62. The smallest absolute Gasteiger partial charge is 0.241 e. The lowest BCUT2D eigenvalue weighted by atomic mass is 10.1. The van der Waals surface area contributed by atoms with Gasteiger partial charge in [0.25, 0.3) is 0 Å². The van der Waals surface area contributed by atoms with Crippen molar-refractivity contribution in [1.82, 2.24) is 4.72 Å². The first-order chi connectivity index (χ1) is 11.4. The average molecular weight is 344 g/mol. The van der Waals surface area contributed by atoms with E-state index in [9.17, 15) is 13.2 Å². The lowest BCUT2D eigenvalue weighted by Gasteiger charge is -2.16. The second-order valence-electron chi connectivity index (χ2n) is 6.07. The zero-order valence-corrected chi connectivity index (χ0v) is 14.5. The highest BCUT2D eigenvalue weighted by molar-refractivity contribution is 7.89. The number of benzene rings is 2. The van der Waals surface area contributed by atoms with E-state index in [0.717, 1.165) is 18.4 Å². The predicted molar refractivity (Wildman–Crippen MR) is 93.3 cm³/mol. The highest BCUT2D eigenvalue weighted by Crippen LogP contribution is 2.32. The molecule has 0 radical (unpaired) electrons. The van der Waals surface area contributed by atoms with E-state index in [1.54, 1.807) is 19.1 Å². The van der Waals surface area contributed by atoms with Gasteiger partial charge in [-0.05, 0) is 48.6 Å². The lowest BCUT2D eigenvalue weighted by molar-refractivity contribution is -0.114. The minimum absolute atomic E-state index is 0.193. The molecule has 0 bridgehead atoms. The SMILES string of the molecule is CC(=O)Nc1ccc(C)c(S(=O)(=O)NC2CCc3ccccc32)c1. The van der Waals surface area contributed by atoms with Gasteiger partial charge < -0.3 is 5.32 Å². The Hall–Kier alpha value is -2.18. The van der Waals surface area contributed by atoms with Gasteiger partial charge in [-0.25, -0.2) is 13.1 Å². The van der Waals surface area contributed by atoms with Crippen LogP contribution in [-0.2, 0) is 21.2 Å². The van der Waals surface area contributed by atoms with Gasteiger partial charge in [0.1, 0.15) is 0 Å². The molecule has 5 nitrogen and oxygen atoms in total. The van der Waals surface area contributed by atoms with Crippen molar-refractivity contribution in [2.75, 3.05) is 5.32 Å². The van der Waals surface area contributed by atoms with E-state index in [0.29, 0.717) is 11.3 Å². The minimum Gasteiger partial charge on any atom is -0.326 e. The summed E-state index contributed by atoms with van der Waals surface area (Å²) in [5, 5.41) is 2.62. The second kappa shape index (κ2) is 6.37. The van der Waals surface area contributed by atoms with Crippen LogP contribution >= 0.6 is 0 Å². The van der Waals surface area contributed by atoms with Crippen molar-refractivity contribution < 1.29 is 13.2 Å². The number of rotatable bonds is 4. The summed E-state index contributed by atoms with van der Waals surface area (Å²) in [6.07, 6.45) is 1.62. The fourth-order valence-electron chi connectivity index (χ4n) is 3.10. The summed E-state index contributed by atoms with van der Waals surface area (Å²) in [6.45, 7) is 3.14. The van der Waals surface area contributed by atoms with Crippen LogP contribution < -0.4 is 10.0 Å². The Kier molecular flexibility index (Phi) is 4.43. The van der Waals surface area contributed by atoms with Gasteiger partial charge in [0, 0.05) is 18.7 Å². The van der Waals surface area contributed by atoms with E-state index >= 15 is 0 Å². The molecule has 1 aliphatic rings. The second-order valence-corrected chi connectivity index (χ2v) is 7.76. The van der Waals surface area contributed by atoms with Crippen LogP contribution in [0.1, 0.15) is 36.1 Å². The summed E-state index contributed by atoms with van der Waals surface area (Å²) < 4.78 is 28.5. The van der Waals surface area contributed by atoms with E-state index in [4.69, 9.17) is 0 Å². The number of anilines is 1. The van der Waals surface area contributed by atoms with Crippen LogP contribution in [0, 0.1) is 6.92 Å². The first-order valence-electron chi connectivity index (χ1n) is 7.85. The van der Waals surface area contributed by atoms with E-state index in [1.807, 2.05) is 24.3 Å². The molecule has 1 amide bonds. The highest BCUT2D eigenvalue weighted by atomic mass is 32.2. The normalized spacial score (nSPS) is 16.7. The standard InChI is InChI=1S/C18H20N2O3S/c1-12-7-9-15(19-13(2)21)11-18(12)24(22,23)20-17-10-8-14-5-3-4-6-16(14)17/h3-7,9,11,17,20H,8,10H2,1-2H3,(H,19,21). The number of fused-ring (bicyclic) bond motifs is 1. The van der Waals surface area contributed by atoms with Crippen molar-refractivity contribution in [1.29, 1.82) is 0 Å². The molecule has 2 aromatic rings. The van der Waals surface area contributed by atoms with Crippen LogP contribution in [0.15, 0.2) is 47.4 Å². The van der Waals surface area contributed by atoms with Gasteiger partial charge in [0.05, 0.1) is 4.90 Å². The zero-order valence-electron chi connectivity index (χ0n) is 13.7. The third-order valence-corrected chi connectivity index (χ3v) is 5.84. The molecule has 3 rings (SSSR count). The van der Waals surface area contributed by atoms with Crippen LogP contribution in [0.25, 0.3) is 0 Å². The van der Waals surface area contributed by atoms with Crippen molar-refractivity contribution in [3.63, 3.8) is 0 Å². The van der Waals surface area contributed by atoms with Gasteiger partial charge in [0.2, 0.25) is 15.9 Å². The molecule has 24 heavy (non-hydrogen) atoms. The number of nitrogens with one attached hydrogen (secondary N) is 2. The Balaban J connectivity index is 1.90. The van der Waals surface area contributed by atoms with E-state index < -0.39 is 10.0 Å². The summed E-state index contributed by atoms with van der Waals surface area (Å²) >= 11 is 0. The molecule has 0 heterocycles. The maximum atomic E-state index is 12.8. The van der Waals surface area contributed by atoms with Gasteiger partial charge in [-0.2, -0.15) is 0 Å². The zero-order chi connectivity index (χ0) is 17.3. The van der Waals surface area contributed by atoms with E-state index in [-0.39, 0.29) is 16.8 Å². The molecule has 1 atom stereocenters. The van der Waals surface area contributed by atoms with Gasteiger partial charge >= 0.3 is 0 Å². The summed E-state index contributed by atoms with van der Waals surface area (Å²) in [7, 11) is -3.68. The van der Waals surface area contributed by atoms with E-state index in [2.05, 4.69) is 10.0 Å². The molecule has 0 spiro atoms. The van der Waals surface area contributed by atoms with Gasteiger partial charge in [-0.1, -0.05) is 30.3 Å². The molecule has 1 aliphatic carbocycles. The molecule has 0 aliphatic heterocycles. The molecule has 126 valence electrons. The monoisotopic (exact) mass is 344 g/mol. The predicted octanol–water partition coefficient (Wildman–Crippen LogP) is 2.92. The van der Waals surface area contributed by atoms with Crippen molar-refractivity contribution >= 4 is 21.6 Å². The van der Waals surface area contributed by atoms with Crippen LogP contribution in [0.2, 0.25) is 0 Å². The first kappa shape index (κ1) is 16.7. The highest BCUT2D eigenvalue weighted by Gasteiger charge is 2.28. The molecular formula is C18H20N2O3S. The van der Waals surface area contributed by atoms with Crippen molar-refractivity contribution in [3.8, 4) is 0 Å². The summed E-state index contributed by atoms with van der Waals surface area (Å²) in [5.74, 6) is -0.236. The molecule has 0 saturated carbocycles. The Morgan fingerprint density at radius 3 is 2.67 bits per heavy atom. The maximum absolute atomic E-state index is 12.8. The average Bonchev–Trinajstić information content (AvgIpc) is 2.91. The molecular weight excluding hydrogens is 324 g/mol. The number of aryl methyl sites for hydroxylation is 2. The lowest BCUT2D eigenvalue weighted by Crippen LogP contribution is -2.28. The largest absolute Gasteiger partial charge is 0.326 e. The number of hydrogen-bond acceptors (Lipinski definition) is 3. The quantitative estimate of drug-likeness (QED) is 0.895. The van der Waals surface area contributed by atoms with Gasteiger partial charge in [0.15, 0.2) is 0 Å². The van der Waals surface area contributed by atoms with Crippen LogP contribution in [0.3, 0.4) is 0 Å². The van der Waals surface area contributed by atoms with Crippen molar-refractivity contribution in [2.24, 2.45) is 0 Å². The number of hydrogen-bond donors (Lipinski definition) is 2. The van der Waals surface area contributed by atoms with Gasteiger partial charge in [-0.3, -0.25) is 4.79 Å². The summed E-state index contributed by atoms with van der Waals surface area (Å²) in [5.41, 5.74) is 3.34. The molecule has 2 aromatic carbocycles. The van der Waals surface area contributed by atoms with Crippen LogP contribution in [-0.4, -0.2) is 14.3 Å². The van der Waals surface area contributed by atoms with E-state index in [1.165, 1.54) is 18.6 Å². The maximum Gasteiger partial charge on any atom is 0.241 e. The third kappa shape index (κ3) is 3.34. The summed E-state index contributed by atoms with van der Waals surface area (Å²) in [4.78, 5) is 11.4. The Morgan fingerprint density at radius 2 is 1.92 bits per heavy atom. The van der Waals surface area contributed by atoms with Crippen LogP contribution in [0.5, 0.6) is 0 Å². The third-order valence-electron chi connectivity index (χ3n) is 4.23. The molecule has 1 unspecified atom stereocenters. The fraction of sp³-hybridized carbons (Fsp3) is 0.278. The molecule has 0 fully saturated rings. The molecule has 6 heteroatoms. The van der Waals surface area contributed by atoms with Crippen LogP contribution in [0.4, 0.5) is 5.69 Å². The molecule has 2 N–H and O–H groups in total. The topological polar surface area (TPSA) is 75.3 Å². The number of amides is 1. The Bertz CT molecular complexity index is 891.